The molecule has 3 N–H and O–H groups in total. The average Bonchev–Trinajstić information content (AvgIpc) is 2.78. The highest BCUT2D eigenvalue weighted by atomic mass is 16.5. The highest BCUT2D eigenvalue weighted by Crippen LogP contribution is 2.38. The van der Waals surface area contributed by atoms with Gasteiger partial charge in [-0.1, -0.05) is 18.2 Å². The zero-order valence-corrected chi connectivity index (χ0v) is 14.1. The molecule has 25 heavy (non-hydrogen) atoms. The largest absolute Gasteiger partial charge is 0.490 e. The Bertz CT molecular complexity index is 806. The number of nitrogens with one attached hydrogen (secondary N) is 1. The number of hydrogen-bond donors (Lipinski definition) is 2. The molecule has 0 radical (unpaired) electrons. The number of benzene rings is 2. The third kappa shape index (κ3) is 3.20. The predicted molar refractivity (Wildman–Crippen MR) is 96.6 cm³/mol. The van der Waals surface area contributed by atoms with Gasteiger partial charge < -0.3 is 25.3 Å². The van der Waals surface area contributed by atoms with Crippen LogP contribution in [-0.2, 0) is 0 Å². The predicted octanol–water partition coefficient (Wildman–Crippen LogP) is 3.10. The molecule has 2 aromatic rings. The van der Waals surface area contributed by atoms with E-state index in [9.17, 15) is 0 Å². The first-order valence-corrected chi connectivity index (χ1v) is 8.46. The summed E-state index contributed by atoms with van der Waals surface area (Å²) in [5.74, 6) is 2.68. The van der Waals surface area contributed by atoms with Gasteiger partial charge in [-0.3, -0.25) is 0 Å². The third-order valence-corrected chi connectivity index (χ3v) is 4.29. The molecule has 0 spiro atoms. The van der Waals surface area contributed by atoms with E-state index in [4.69, 9.17) is 19.9 Å². The van der Waals surface area contributed by atoms with Crippen molar-refractivity contribution in [3.8, 4) is 17.2 Å². The Morgan fingerprint density at radius 3 is 2.76 bits per heavy atom. The lowest BCUT2D eigenvalue weighted by atomic mass is 10.1. The van der Waals surface area contributed by atoms with E-state index in [1.54, 1.807) is 0 Å². The maximum atomic E-state index is 6.12. The van der Waals surface area contributed by atoms with E-state index in [1.165, 1.54) is 0 Å². The highest BCUT2D eigenvalue weighted by Gasteiger charge is 2.30. The van der Waals surface area contributed by atoms with E-state index < -0.39 is 0 Å². The Hall–Kier alpha value is -2.89. The van der Waals surface area contributed by atoms with Crippen LogP contribution in [0.4, 0.5) is 5.69 Å². The quantitative estimate of drug-likeness (QED) is 0.649. The van der Waals surface area contributed by atoms with E-state index in [0.717, 1.165) is 34.9 Å². The van der Waals surface area contributed by atoms with Crippen molar-refractivity contribution in [2.24, 2.45) is 10.7 Å². The van der Waals surface area contributed by atoms with Gasteiger partial charge in [0.2, 0.25) is 0 Å². The number of hydrogen-bond acceptors (Lipinski definition) is 4. The van der Waals surface area contributed by atoms with Gasteiger partial charge in [0.05, 0.1) is 13.2 Å². The molecule has 2 aliphatic heterocycles. The second-order valence-corrected chi connectivity index (χ2v) is 6.16. The van der Waals surface area contributed by atoms with E-state index in [-0.39, 0.29) is 12.1 Å². The van der Waals surface area contributed by atoms with Crippen molar-refractivity contribution in [1.29, 1.82) is 0 Å². The molecule has 2 aliphatic rings. The van der Waals surface area contributed by atoms with Gasteiger partial charge in [0, 0.05) is 23.7 Å². The summed E-state index contributed by atoms with van der Waals surface area (Å²) < 4.78 is 17.2. The van der Waals surface area contributed by atoms with Crippen molar-refractivity contribution in [3.05, 3.63) is 48.0 Å². The van der Waals surface area contributed by atoms with Crippen LogP contribution in [0, 0.1) is 0 Å². The van der Waals surface area contributed by atoms with Gasteiger partial charge in [-0.05, 0) is 25.1 Å². The minimum absolute atomic E-state index is 0.0541. The van der Waals surface area contributed by atoms with E-state index in [2.05, 4.69) is 10.3 Å². The van der Waals surface area contributed by atoms with Crippen LogP contribution in [0.15, 0.2) is 47.5 Å². The first kappa shape index (κ1) is 15.6. The van der Waals surface area contributed by atoms with Crippen molar-refractivity contribution < 1.29 is 14.2 Å². The fraction of sp³-hybridized carbons (Fsp3) is 0.316. The second kappa shape index (κ2) is 6.55. The molecular weight excluding hydrogens is 318 g/mol. The Morgan fingerprint density at radius 1 is 1.08 bits per heavy atom. The summed E-state index contributed by atoms with van der Waals surface area (Å²) in [6.07, 6.45) is 0.821. The van der Waals surface area contributed by atoms with Gasteiger partial charge in [0.1, 0.15) is 17.9 Å². The molecule has 0 fully saturated rings. The molecule has 4 rings (SSSR count). The summed E-state index contributed by atoms with van der Waals surface area (Å²) in [6, 6.07) is 13.5. The SMILES string of the molecule is CC1Oc2ccccc2C1N=C(N)Nc1ccc2c(c1)OCCCO2. The number of nitrogens with two attached hydrogens (primary N) is 1. The molecule has 0 saturated carbocycles. The second-order valence-electron chi connectivity index (χ2n) is 6.16. The maximum Gasteiger partial charge on any atom is 0.193 e. The molecule has 0 aliphatic carbocycles. The fourth-order valence-corrected chi connectivity index (χ4v) is 3.10. The van der Waals surface area contributed by atoms with Crippen molar-refractivity contribution in [3.63, 3.8) is 0 Å². The lowest BCUT2D eigenvalue weighted by Crippen LogP contribution is -2.25. The molecule has 6 heteroatoms. The van der Waals surface area contributed by atoms with E-state index >= 15 is 0 Å². The molecule has 6 nitrogen and oxygen atoms in total. The van der Waals surface area contributed by atoms with Gasteiger partial charge in [0.25, 0.3) is 0 Å². The van der Waals surface area contributed by atoms with Gasteiger partial charge in [-0.25, -0.2) is 4.99 Å². The molecule has 0 aromatic heterocycles. The number of nitrogens with zero attached hydrogens (tertiary/aromatic N) is 1. The Labute approximate surface area is 146 Å². The summed E-state index contributed by atoms with van der Waals surface area (Å²) in [5, 5.41) is 3.13. The summed E-state index contributed by atoms with van der Waals surface area (Å²) in [4.78, 5) is 4.61. The molecule has 0 amide bonds. The van der Waals surface area contributed by atoms with Crippen molar-refractivity contribution in [2.45, 2.75) is 25.5 Å². The van der Waals surface area contributed by atoms with Gasteiger partial charge >= 0.3 is 0 Å². The lowest BCUT2D eigenvalue weighted by molar-refractivity contribution is 0.229. The van der Waals surface area contributed by atoms with Gasteiger partial charge in [-0.15, -0.1) is 0 Å². The molecule has 2 aromatic carbocycles. The van der Waals surface area contributed by atoms with Crippen LogP contribution in [-0.4, -0.2) is 25.3 Å². The number of anilines is 1. The molecule has 130 valence electrons. The smallest absolute Gasteiger partial charge is 0.193 e. The Morgan fingerprint density at radius 2 is 1.88 bits per heavy atom. The topological polar surface area (TPSA) is 78.1 Å². The van der Waals surface area contributed by atoms with Crippen LogP contribution in [0.2, 0.25) is 0 Å². The van der Waals surface area contributed by atoms with Crippen LogP contribution in [0.5, 0.6) is 17.2 Å². The molecule has 2 heterocycles. The van der Waals surface area contributed by atoms with Crippen LogP contribution >= 0.6 is 0 Å². The van der Waals surface area contributed by atoms with Crippen LogP contribution in [0.3, 0.4) is 0 Å². The monoisotopic (exact) mass is 339 g/mol. The molecule has 2 unspecified atom stereocenters. The number of rotatable bonds is 2. The Kier molecular flexibility index (Phi) is 4.09. The summed E-state index contributed by atoms with van der Waals surface area (Å²) in [7, 11) is 0. The number of para-hydroxylation sites is 1. The number of aliphatic imine (C=N–C) groups is 1. The molecule has 0 saturated heterocycles. The molecule has 0 bridgehead atoms. The normalized spacial score (nSPS) is 21.9. The minimum atomic E-state index is -0.121. The summed E-state index contributed by atoms with van der Waals surface area (Å²) in [5.41, 5.74) is 7.99. The van der Waals surface area contributed by atoms with E-state index in [0.29, 0.717) is 19.2 Å². The first-order valence-electron chi connectivity index (χ1n) is 8.46. The standard InChI is InChI=1S/C19H21N3O3/c1-12-18(14-5-2-3-6-15(14)25-12)22-19(20)21-13-7-8-16-17(11-13)24-10-4-9-23-16/h2-3,5-8,11-12,18H,4,9-10H2,1H3,(H3,20,21,22). The number of fused-ring (bicyclic) bond motifs is 2. The first-order chi connectivity index (χ1) is 12.2. The van der Waals surface area contributed by atoms with Crippen LogP contribution < -0.4 is 25.3 Å². The zero-order valence-electron chi connectivity index (χ0n) is 14.1. The van der Waals surface area contributed by atoms with Gasteiger partial charge in [0.15, 0.2) is 17.5 Å². The molecular formula is C19H21N3O3. The van der Waals surface area contributed by atoms with E-state index in [1.807, 2.05) is 49.4 Å². The summed E-state index contributed by atoms with van der Waals surface area (Å²) in [6.45, 7) is 3.31. The average molecular weight is 339 g/mol. The van der Waals surface area contributed by atoms with Crippen molar-refractivity contribution >= 4 is 11.6 Å². The molecule has 2 atom stereocenters. The fourth-order valence-electron chi connectivity index (χ4n) is 3.10. The maximum absolute atomic E-state index is 6.12. The number of guanidine groups is 1. The summed E-state index contributed by atoms with van der Waals surface area (Å²) >= 11 is 0. The highest BCUT2D eigenvalue weighted by molar-refractivity contribution is 5.92. The number of ether oxygens (including phenoxy) is 3. The Balaban J connectivity index is 1.53. The van der Waals surface area contributed by atoms with Crippen LogP contribution in [0.25, 0.3) is 0 Å². The van der Waals surface area contributed by atoms with Crippen LogP contribution in [0.1, 0.15) is 24.9 Å². The van der Waals surface area contributed by atoms with Crippen molar-refractivity contribution in [2.75, 3.05) is 18.5 Å². The van der Waals surface area contributed by atoms with Gasteiger partial charge in [-0.2, -0.15) is 0 Å². The lowest BCUT2D eigenvalue weighted by Gasteiger charge is -2.14. The third-order valence-electron chi connectivity index (χ3n) is 4.29. The minimum Gasteiger partial charge on any atom is -0.490 e. The zero-order chi connectivity index (χ0) is 17.2. The van der Waals surface area contributed by atoms with Crippen molar-refractivity contribution in [1.82, 2.24) is 0 Å².